The van der Waals surface area contributed by atoms with Gasteiger partial charge in [0.15, 0.2) is 11.5 Å². The predicted octanol–water partition coefficient (Wildman–Crippen LogP) is 3.84. The largest absolute Gasteiger partial charge is 0.454 e. The molecule has 0 bridgehead atoms. The molecule has 0 radical (unpaired) electrons. The van der Waals surface area contributed by atoms with Crippen LogP contribution in [0.2, 0.25) is 0 Å². The van der Waals surface area contributed by atoms with Gasteiger partial charge in [0.05, 0.1) is 11.0 Å². The highest BCUT2D eigenvalue weighted by Gasteiger charge is 2.14. The lowest BCUT2D eigenvalue weighted by molar-refractivity contribution is -0.121. The van der Waals surface area contributed by atoms with E-state index in [4.69, 9.17) is 9.47 Å². The molecule has 1 amide bonds. The maximum Gasteiger partial charge on any atom is 0.275 e. The zero-order valence-electron chi connectivity index (χ0n) is 16.6. The van der Waals surface area contributed by atoms with Crippen LogP contribution in [0.1, 0.15) is 18.4 Å². The number of nitrogens with one attached hydrogen (secondary N) is 1. The average Bonchev–Trinajstić information content (AvgIpc) is 3.43. The lowest BCUT2D eigenvalue weighted by Crippen LogP contribution is -2.25. The first-order valence-electron chi connectivity index (χ1n) is 10.0. The van der Waals surface area contributed by atoms with Crippen molar-refractivity contribution >= 4 is 38.4 Å². The molecule has 0 atom stereocenters. The minimum absolute atomic E-state index is 0.0556. The van der Waals surface area contributed by atoms with Crippen molar-refractivity contribution in [2.45, 2.75) is 25.9 Å². The quantitative estimate of drug-likeness (QED) is 0.453. The highest BCUT2D eigenvalue weighted by molar-refractivity contribution is 9.10. The van der Waals surface area contributed by atoms with Gasteiger partial charge in [-0.2, -0.15) is 0 Å². The minimum atomic E-state index is -0.0589. The van der Waals surface area contributed by atoms with E-state index in [9.17, 15) is 9.59 Å². The zero-order valence-corrected chi connectivity index (χ0v) is 18.2. The van der Waals surface area contributed by atoms with Crippen LogP contribution in [-0.2, 0) is 17.9 Å². The van der Waals surface area contributed by atoms with E-state index < -0.39 is 0 Å². The number of hydrogen-bond acceptors (Lipinski definition) is 4. The summed E-state index contributed by atoms with van der Waals surface area (Å²) in [6, 6.07) is 15.2. The Labute approximate surface area is 186 Å². The maximum atomic E-state index is 13.0. The van der Waals surface area contributed by atoms with Crippen molar-refractivity contribution in [3.05, 3.63) is 75.1 Å². The Balaban J connectivity index is 1.26. The molecule has 0 unspecified atom stereocenters. The Hall–Kier alpha value is -3.26. The SMILES string of the molecule is O=C(CCCn1c(=O)c2cccn2c2ccc(Br)cc21)NCc1ccc2c(c1)OCO2. The van der Waals surface area contributed by atoms with E-state index in [1.807, 2.05) is 59.1 Å². The number of hydrogen-bond donors (Lipinski definition) is 1. The summed E-state index contributed by atoms with van der Waals surface area (Å²) in [7, 11) is 0. The number of carbonyl (C=O) groups is 1. The first-order chi connectivity index (χ1) is 15.1. The Kier molecular flexibility index (Phi) is 5.15. The Morgan fingerprint density at radius 2 is 1.90 bits per heavy atom. The number of nitrogens with zero attached hydrogens (tertiary/aromatic N) is 2. The Morgan fingerprint density at radius 1 is 1.03 bits per heavy atom. The van der Waals surface area contributed by atoms with Crippen LogP contribution in [0.25, 0.3) is 16.6 Å². The fraction of sp³-hybridized carbons (Fsp3) is 0.217. The fourth-order valence-electron chi connectivity index (χ4n) is 3.89. The van der Waals surface area contributed by atoms with Gasteiger partial charge >= 0.3 is 0 Å². The van der Waals surface area contributed by atoms with Crippen molar-refractivity contribution < 1.29 is 14.3 Å². The van der Waals surface area contributed by atoms with E-state index in [0.29, 0.717) is 37.2 Å². The van der Waals surface area contributed by atoms with Crippen molar-refractivity contribution in [3.63, 3.8) is 0 Å². The molecule has 1 aliphatic rings. The molecule has 3 heterocycles. The average molecular weight is 482 g/mol. The summed E-state index contributed by atoms with van der Waals surface area (Å²) in [5.74, 6) is 1.37. The molecule has 1 aliphatic heterocycles. The summed E-state index contributed by atoms with van der Waals surface area (Å²) in [5.41, 5.74) is 3.31. The minimum Gasteiger partial charge on any atom is -0.454 e. The summed E-state index contributed by atoms with van der Waals surface area (Å²) in [6.07, 6.45) is 2.78. The molecule has 0 saturated heterocycles. The Morgan fingerprint density at radius 3 is 2.81 bits per heavy atom. The van der Waals surface area contributed by atoms with Gasteiger partial charge < -0.3 is 23.8 Å². The smallest absolute Gasteiger partial charge is 0.275 e. The van der Waals surface area contributed by atoms with Gasteiger partial charge in [0.25, 0.3) is 5.56 Å². The maximum absolute atomic E-state index is 13.0. The number of aromatic nitrogens is 2. The summed E-state index contributed by atoms with van der Waals surface area (Å²) >= 11 is 3.49. The number of amides is 1. The van der Waals surface area contributed by atoms with E-state index in [0.717, 1.165) is 26.8 Å². The molecule has 31 heavy (non-hydrogen) atoms. The second-order valence-electron chi connectivity index (χ2n) is 7.42. The number of aryl methyl sites for hydroxylation is 1. The molecule has 2 aromatic heterocycles. The normalized spacial score (nSPS) is 12.5. The van der Waals surface area contributed by atoms with Gasteiger partial charge in [0.1, 0.15) is 5.52 Å². The van der Waals surface area contributed by atoms with Crippen LogP contribution in [-0.4, -0.2) is 21.7 Å². The van der Waals surface area contributed by atoms with Crippen LogP contribution >= 0.6 is 15.9 Å². The standard InChI is InChI=1S/C23H20BrN3O4/c24-16-6-7-17-19(12-16)27(23(29)18-3-1-9-26(17)18)10-2-4-22(28)25-13-15-5-8-20-21(11-15)31-14-30-20/h1,3,5-9,11-12H,2,4,10,13-14H2,(H,25,28). The number of carbonyl (C=O) groups excluding carboxylic acids is 1. The molecule has 0 fully saturated rings. The molecular formula is C23H20BrN3O4. The first kappa shape index (κ1) is 19.7. The van der Waals surface area contributed by atoms with Crippen molar-refractivity contribution in [2.24, 2.45) is 0 Å². The molecule has 0 spiro atoms. The van der Waals surface area contributed by atoms with Gasteiger partial charge in [-0.3, -0.25) is 9.59 Å². The second kappa shape index (κ2) is 8.11. The van der Waals surface area contributed by atoms with Crippen molar-refractivity contribution in [2.75, 3.05) is 6.79 Å². The first-order valence-corrected chi connectivity index (χ1v) is 10.8. The lowest BCUT2D eigenvalue weighted by atomic mass is 10.2. The fourth-order valence-corrected chi connectivity index (χ4v) is 4.24. The number of benzene rings is 2. The molecule has 2 aromatic carbocycles. The van der Waals surface area contributed by atoms with E-state index in [1.165, 1.54) is 0 Å². The third kappa shape index (κ3) is 3.79. The molecule has 158 valence electrons. The van der Waals surface area contributed by atoms with Crippen LogP contribution < -0.4 is 20.3 Å². The van der Waals surface area contributed by atoms with E-state index >= 15 is 0 Å². The van der Waals surface area contributed by atoms with E-state index in [2.05, 4.69) is 21.2 Å². The van der Waals surface area contributed by atoms with Crippen LogP contribution in [0.4, 0.5) is 0 Å². The van der Waals surface area contributed by atoms with Crippen molar-refractivity contribution in [1.82, 2.24) is 14.3 Å². The lowest BCUT2D eigenvalue weighted by Gasteiger charge is -2.13. The summed E-state index contributed by atoms with van der Waals surface area (Å²) in [4.78, 5) is 25.3. The number of rotatable bonds is 6. The highest BCUT2D eigenvalue weighted by atomic mass is 79.9. The molecule has 1 N–H and O–H groups in total. The summed E-state index contributed by atoms with van der Waals surface area (Å²) in [6.45, 7) is 1.11. The van der Waals surface area contributed by atoms with Gasteiger partial charge in [-0.15, -0.1) is 0 Å². The van der Waals surface area contributed by atoms with Crippen LogP contribution in [0.3, 0.4) is 0 Å². The number of halogens is 1. The monoisotopic (exact) mass is 481 g/mol. The number of fused-ring (bicyclic) bond motifs is 4. The van der Waals surface area contributed by atoms with Crippen molar-refractivity contribution in [1.29, 1.82) is 0 Å². The van der Waals surface area contributed by atoms with Gasteiger partial charge in [-0.25, -0.2) is 0 Å². The molecule has 5 rings (SSSR count). The van der Waals surface area contributed by atoms with E-state index in [1.54, 1.807) is 4.57 Å². The van der Waals surface area contributed by atoms with Crippen molar-refractivity contribution in [3.8, 4) is 11.5 Å². The van der Waals surface area contributed by atoms with Gasteiger partial charge in [0.2, 0.25) is 12.7 Å². The summed E-state index contributed by atoms with van der Waals surface area (Å²) in [5, 5.41) is 2.93. The van der Waals surface area contributed by atoms with Crippen LogP contribution in [0, 0.1) is 0 Å². The topological polar surface area (TPSA) is 74.0 Å². The van der Waals surface area contributed by atoms with Gasteiger partial charge in [0, 0.05) is 30.2 Å². The molecule has 8 heteroatoms. The number of ether oxygens (including phenoxy) is 2. The Bertz CT molecular complexity index is 1360. The molecule has 0 aliphatic carbocycles. The molecular weight excluding hydrogens is 462 g/mol. The highest BCUT2D eigenvalue weighted by Crippen LogP contribution is 2.32. The molecule has 0 saturated carbocycles. The predicted molar refractivity (Wildman–Crippen MR) is 121 cm³/mol. The summed E-state index contributed by atoms with van der Waals surface area (Å²) < 4.78 is 15.2. The third-order valence-corrected chi connectivity index (χ3v) is 5.91. The zero-order chi connectivity index (χ0) is 21.4. The van der Waals surface area contributed by atoms with E-state index in [-0.39, 0.29) is 18.3 Å². The van der Waals surface area contributed by atoms with Gasteiger partial charge in [-0.1, -0.05) is 22.0 Å². The third-order valence-electron chi connectivity index (χ3n) is 5.41. The van der Waals surface area contributed by atoms with Crippen LogP contribution in [0.5, 0.6) is 11.5 Å². The molecule has 4 aromatic rings. The second-order valence-corrected chi connectivity index (χ2v) is 8.34. The van der Waals surface area contributed by atoms with Gasteiger partial charge in [-0.05, 0) is 54.4 Å². The van der Waals surface area contributed by atoms with Crippen LogP contribution in [0.15, 0.2) is 64.0 Å². The molecule has 7 nitrogen and oxygen atoms in total.